The Kier molecular flexibility index (Phi) is 3.56. The minimum Gasteiger partial charge on any atom is -0.161 e. The molecule has 0 saturated heterocycles. The van der Waals surface area contributed by atoms with Crippen molar-refractivity contribution in [3.8, 4) is 0 Å². The monoisotopic (exact) mass is 201 g/mol. The molecule has 0 amide bonds. The zero-order valence-electron chi connectivity index (χ0n) is 6.58. The van der Waals surface area contributed by atoms with E-state index in [4.69, 9.17) is 11.6 Å². The van der Waals surface area contributed by atoms with E-state index in [1.165, 1.54) is 0 Å². The van der Waals surface area contributed by atoms with Crippen LogP contribution in [-0.2, 0) is 5.75 Å². The van der Waals surface area contributed by atoms with Crippen molar-refractivity contribution in [1.82, 2.24) is 0 Å². The Morgan fingerprint density at radius 2 is 2.25 bits per heavy atom. The van der Waals surface area contributed by atoms with Gasteiger partial charge in [0.15, 0.2) is 0 Å². The molecule has 0 aliphatic heterocycles. The van der Waals surface area contributed by atoms with Crippen molar-refractivity contribution in [1.29, 1.82) is 0 Å². The SMILES string of the molecule is CSCc1cc(Cl)cc(N=O)c1. The Morgan fingerprint density at radius 1 is 1.50 bits per heavy atom. The van der Waals surface area contributed by atoms with Gasteiger partial charge in [-0.25, -0.2) is 0 Å². The second kappa shape index (κ2) is 4.48. The summed E-state index contributed by atoms with van der Waals surface area (Å²) >= 11 is 7.44. The number of benzene rings is 1. The molecule has 0 heterocycles. The quantitative estimate of drug-likeness (QED) is 0.700. The molecule has 64 valence electrons. The molecule has 0 atom stereocenters. The highest BCUT2D eigenvalue weighted by Gasteiger charge is 1.98. The summed E-state index contributed by atoms with van der Waals surface area (Å²) in [6, 6.07) is 5.14. The van der Waals surface area contributed by atoms with Crippen molar-refractivity contribution in [2.45, 2.75) is 5.75 Å². The van der Waals surface area contributed by atoms with Gasteiger partial charge in [-0.05, 0) is 35.2 Å². The third kappa shape index (κ3) is 2.50. The lowest BCUT2D eigenvalue weighted by Gasteiger charge is -1.99. The van der Waals surface area contributed by atoms with Crippen LogP contribution < -0.4 is 0 Å². The molecule has 1 aromatic carbocycles. The highest BCUT2D eigenvalue weighted by molar-refractivity contribution is 7.97. The summed E-state index contributed by atoms with van der Waals surface area (Å²) < 4.78 is 0. The molecule has 0 spiro atoms. The summed E-state index contributed by atoms with van der Waals surface area (Å²) in [5, 5.41) is 3.40. The maximum atomic E-state index is 10.2. The van der Waals surface area contributed by atoms with Crippen molar-refractivity contribution in [2.75, 3.05) is 6.26 Å². The van der Waals surface area contributed by atoms with E-state index in [1.807, 2.05) is 12.3 Å². The van der Waals surface area contributed by atoms with E-state index in [9.17, 15) is 4.91 Å². The summed E-state index contributed by atoms with van der Waals surface area (Å²) in [4.78, 5) is 10.2. The van der Waals surface area contributed by atoms with Crippen LogP contribution in [0.15, 0.2) is 23.4 Å². The molecular weight excluding hydrogens is 194 g/mol. The number of halogens is 1. The number of nitroso groups, excluding NO2 is 1. The molecule has 2 nitrogen and oxygen atoms in total. The van der Waals surface area contributed by atoms with Gasteiger partial charge in [-0.15, -0.1) is 4.91 Å². The van der Waals surface area contributed by atoms with E-state index in [1.54, 1.807) is 23.9 Å². The number of rotatable bonds is 3. The number of thioether (sulfide) groups is 1. The van der Waals surface area contributed by atoms with Gasteiger partial charge in [0.1, 0.15) is 5.69 Å². The number of hydrogen-bond acceptors (Lipinski definition) is 3. The maximum absolute atomic E-state index is 10.2. The predicted octanol–water partition coefficient (Wildman–Crippen LogP) is 3.60. The molecular formula is C8H8ClNOS. The highest BCUT2D eigenvalue weighted by atomic mass is 35.5. The van der Waals surface area contributed by atoms with Gasteiger partial charge in [0.05, 0.1) is 0 Å². The van der Waals surface area contributed by atoms with Gasteiger partial charge in [0.2, 0.25) is 0 Å². The molecule has 0 aliphatic rings. The first-order valence-corrected chi connectivity index (χ1v) is 5.15. The van der Waals surface area contributed by atoms with Gasteiger partial charge in [-0.1, -0.05) is 11.6 Å². The summed E-state index contributed by atoms with van der Waals surface area (Å²) in [6.07, 6.45) is 1.99. The summed E-state index contributed by atoms with van der Waals surface area (Å²) in [6.45, 7) is 0. The van der Waals surface area contributed by atoms with Gasteiger partial charge in [-0.3, -0.25) is 0 Å². The minimum absolute atomic E-state index is 0.395. The average Bonchev–Trinajstić information content (AvgIpc) is 2.04. The van der Waals surface area contributed by atoms with Crippen LogP contribution in [0.5, 0.6) is 0 Å². The Labute approximate surface area is 80.3 Å². The van der Waals surface area contributed by atoms with E-state index < -0.39 is 0 Å². The van der Waals surface area contributed by atoms with E-state index >= 15 is 0 Å². The largest absolute Gasteiger partial charge is 0.161 e. The lowest BCUT2D eigenvalue weighted by Crippen LogP contribution is -1.78. The Morgan fingerprint density at radius 3 is 2.83 bits per heavy atom. The molecule has 1 rings (SSSR count). The van der Waals surface area contributed by atoms with Gasteiger partial charge in [0.25, 0.3) is 0 Å². The van der Waals surface area contributed by atoms with Crippen molar-refractivity contribution in [3.63, 3.8) is 0 Å². The number of hydrogen-bond donors (Lipinski definition) is 0. The summed E-state index contributed by atoms with van der Waals surface area (Å²) in [5.74, 6) is 0.850. The lowest BCUT2D eigenvalue weighted by atomic mass is 10.2. The topological polar surface area (TPSA) is 29.4 Å². The third-order valence-electron chi connectivity index (χ3n) is 1.36. The Hall–Kier alpha value is -0.540. The third-order valence-corrected chi connectivity index (χ3v) is 2.20. The van der Waals surface area contributed by atoms with Gasteiger partial charge < -0.3 is 0 Å². The van der Waals surface area contributed by atoms with Crippen molar-refractivity contribution >= 4 is 29.1 Å². The number of nitrogens with zero attached hydrogens (tertiary/aromatic N) is 1. The highest BCUT2D eigenvalue weighted by Crippen LogP contribution is 2.23. The summed E-state index contributed by atoms with van der Waals surface area (Å²) in [7, 11) is 0. The van der Waals surface area contributed by atoms with E-state index in [2.05, 4.69) is 5.18 Å². The smallest absolute Gasteiger partial charge is 0.109 e. The molecule has 4 heteroatoms. The Balaban J connectivity index is 2.97. The molecule has 1 aromatic rings. The van der Waals surface area contributed by atoms with E-state index in [-0.39, 0.29) is 0 Å². The van der Waals surface area contributed by atoms with Gasteiger partial charge in [-0.2, -0.15) is 11.8 Å². The van der Waals surface area contributed by atoms with Crippen molar-refractivity contribution in [2.24, 2.45) is 5.18 Å². The van der Waals surface area contributed by atoms with Crippen LogP contribution >= 0.6 is 23.4 Å². The van der Waals surface area contributed by atoms with Gasteiger partial charge in [0, 0.05) is 10.8 Å². The average molecular weight is 202 g/mol. The molecule has 0 N–H and O–H groups in total. The normalized spacial score (nSPS) is 9.83. The van der Waals surface area contributed by atoms with Crippen molar-refractivity contribution in [3.05, 3.63) is 33.7 Å². The fourth-order valence-corrected chi connectivity index (χ4v) is 1.69. The first-order chi connectivity index (χ1) is 5.76. The first-order valence-electron chi connectivity index (χ1n) is 3.38. The molecule has 0 aliphatic carbocycles. The molecule has 0 unspecified atom stereocenters. The van der Waals surface area contributed by atoms with E-state index in [0.717, 1.165) is 11.3 Å². The molecule has 0 aromatic heterocycles. The van der Waals surface area contributed by atoms with Crippen LogP contribution in [0.3, 0.4) is 0 Å². The maximum Gasteiger partial charge on any atom is 0.109 e. The van der Waals surface area contributed by atoms with Crippen LogP contribution in [0.25, 0.3) is 0 Å². The zero-order chi connectivity index (χ0) is 8.97. The molecule has 12 heavy (non-hydrogen) atoms. The van der Waals surface area contributed by atoms with Crippen LogP contribution in [0.2, 0.25) is 5.02 Å². The van der Waals surface area contributed by atoms with Crippen LogP contribution in [0.4, 0.5) is 5.69 Å². The molecule has 0 radical (unpaired) electrons. The molecule has 0 saturated carbocycles. The van der Waals surface area contributed by atoms with Crippen LogP contribution in [0.1, 0.15) is 5.56 Å². The fourth-order valence-electron chi connectivity index (χ4n) is 0.936. The second-order valence-corrected chi connectivity index (χ2v) is 3.64. The molecule has 0 fully saturated rings. The minimum atomic E-state index is 0.395. The van der Waals surface area contributed by atoms with E-state index in [0.29, 0.717) is 10.7 Å². The van der Waals surface area contributed by atoms with Crippen molar-refractivity contribution < 1.29 is 0 Å². The standard InChI is InChI=1S/C8H8ClNOS/c1-12-5-6-2-7(9)4-8(3-6)10-11/h2-4H,5H2,1H3. The summed E-state index contributed by atoms with van der Waals surface area (Å²) in [5.41, 5.74) is 1.43. The zero-order valence-corrected chi connectivity index (χ0v) is 8.15. The van der Waals surface area contributed by atoms with Gasteiger partial charge >= 0.3 is 0 Å². The Bertz CT molecular complexity index is 290. The van der Waals surface area contributed by atoms with Crippen LogP contribution in [-0.4, -0.2) is 6.26 Å². The first kappa shape index (κ1) is 9.55. The lowest BCUT2D eigenvalue weighted by molar-refractivity contribution is 1.38. The predicted molar refractivity (Wildman–Crippen MR) is 54.1 cm³/mol. The fraction of sp³-hybridized carbons (Fsp3) is 0.250. The molecule has 0 bridgehead atoms. The second-order valence-electron chi connectivity index (χ2n) is 2.34. The van der Waals surface area contributed by atoms with Crippen LogP contribution in [0, 0.1) is 4.91 Å².